The second kappa shape index (κ2) is 10.3. The first-order valence-electron chi connectivity index (χ1n) is 9.68. The van der Waals surface area contributed by atoms with E-state index in [0.29, 0.717) is 43.4 Å². The van der Waals surface area contributed by atoms with Crippen molar-refractivity contribution in [3.63, 3.8) is 0 Å². The molecule has 1 amide bonds. The van der Waals surface area contributed by atoms with Gasteiger partial charge in [0.2, 0.25) is 0 Å². The number of rotatable bonds is 7. The number of ether oxygens (including phenoxy) is 1. The predicted molar refractivity (Wildman–Crippen MR) is 133 cm³/mol. The van der Waals surface area contributed by atoms with Crippen molar-refractivity contribution in [2.75, 3.05) is 0 Å². The Labute approximate surface area is 211 Å². The molecule has 1 aromatic heterocycles. The average Bonchev–Trinajstić information content (AvgIpc) is 3.23. The molecule has 3 aromatic carbocycles. The standard InChI is InChI=1S/C23H14BrCl2N3O5/c24-18-7-14(8-19(26)22(18)33-12-13-1-3-16(25)4-2-13)11-27-28-23(30)21-10-15-9-17(29(31)32)5-6-20(15)34-21/h1-11H,12H2,(H,28,30)/b27-11-. The fraction of sp³-hybridized carbons (Fsp3) is 0.0435. The summed E-state index contributed by atoms with van der Waals surface area (Å²) in [5, 5.41) is 16.3. The van der Waals surface area contributed by atoms with Crippen LogP contribution in [0.25, 0.3) is 11.0 Å². The van der Waals surface area contributed by atoms with E-state index in [9.17, 15) is 14.9 Å². The van der Waals surface area contributed by atoms with Crippen LogP contribution in [0, 0.1) is 10.1 Å². The summed E-state index contributed by atoms with van der Waals surface area (Å²) in [6.45, 7) is 0.305. The number of non-ortho nitro benzene ring substituents is 1. The molecule has 4 rings (SSSR count). The molecule has 0 bridgehead atoms. The molecule has 1 N–H and O–H groups in total. The van der Waals surface area contributed by atoms with Gasteiger partial charge in [0.1, 0.15) is 12.2 Å². The normalized spacial score (nSPS) is 11.1. The van der Waals surface area contributed by atoms with Gasteiger partial charge in [-0.2, -0.15) is 5.10 Å². The van der Waals surface area contributed by atoms with Gasteiger partial charge in [0, 0.05) is 22.5 Å². The highest BCUT2D eigenvalue weighted by Crippen LogP contribution is 2.34. The molecule has 0 aliphatic carbocycles. The van der Waals surface area contributed by atoms with E-state index in [0.717, 1.165) is 5.56 Å². The van der Waals surface area contributed by atoms with Crippen LogP contribution >= 0.6 is 39.1 Å². The maximum atomic E-state index is 12.3. The summed E-state index contributed by atoms with van der Waals surface area (Å²) in [7, 11) is 0. The van der Waals surface area contributed by atoms with Crippen molar-refractivity contribution in [1.29, 1.82) is 0 Å². The van der Waals surface area contributed by atoms with E-state index >= 15 is 0 Å². The van der Waals surface area contributed by atoms with Crippen LogP contribution in [0.4, 0.5) is 5.69 Å². The third-order valence-electron chi connectivity index (χ3n) is 4.63. The fourth-order valence-electron chi connectivity index (χ4n) is 3.00. The summed E-state index contributed by atoms with van der Waals surface area (Å²) in [5.74, 6) is -0.171. The maximum Gasteiger partial charge on any atom is 0.307 e. The van der Waals surface area contributed by atoms with Gasteiger partial charge >= 0.3 is 5.91 Å². The molecule has 0 unspecified atom stereocenters. The lowest BCUT2D eigenvalue weighted by molar-refractivity contribution is -0.384. The lowest BCUT2D eigenvalue weighted by Gasteiger charge is -2.11. The van der Waals surface area contributed by atoms with Gasteiger partial charge in [-0.15, -0.1) is 0 Å². The van der Waals surface area contributed by atoms with Crippen molar-refractivity contribution in [2.24, 2.45) is 5.10 Å². The number of hydrazone groups is 1. The summed E-state index contributed by atoms with van der Waals surface area (Å²) >= 11 is 15.7. The third-order valence-corrected chi connectivity index (χ3v) is 5.75. The van der Waals surface area contributed by atoms with Gasteiger partial charge in [-0.3, -0.25) is 14.9 Å². The Hall–Kier alpha value is -3.40. The molecule has 0 saturated heterocycles. The van der Waals surface area contributed by atoms with E-state index in [1.807, 2.05) is 12.1 Å². The number of carbonyl (C=O) groups excluding carboxylic acids is 1. The molecule has 0 spiro atoms. The van der Waals surface area contributed by atoms with Gasteiger partial charge < -0.3 is 9.15 Å². The lowest BCUT2D eigenvalue weighted by atomic mass is 10.2. The Balaban J connectivity index is 1.41. The van der Waals surface area contributed by atoms with Crippen LogP contribution in [0.5, 0.6) is 5.75 Å². The minimum atomic E-state index is -0.608. The number of carbonyl (C=O) groups is 1. The summed E-state index contributed by atoms with van der Waals surface area (Å²) in [4.78, 5) is 22.7. The zero-order valence-corrected chi connectivity index (χ0v) is 20.2. The predicted octanol–water partition coefficient (Wildman–Crippen LogP) is 6.75. The SMILES string of the molecule is O=C(N/N=C\c1cc(Cl)c(OCc2ccc(Cl)cc2)c(Br)c1)c1cc2cc([N+](=O)[O-])ccc2o1. The van der Waals surface area contributed by atoms with Crippen LogP contribution in [0.2, 0.25) is 10.0 Å². The highest BCUT2D eigenvalue weighted by molar-refractivity contribution is 9.10. The van der Waals surface area contributed by atoms with Crippen LogP contribution in [-0.4, -0.2) is 17.0 Å². The first-order valence-corrected chi connectivity index (χ1v) is 11.2. The first kappa shape index (κ1) is 23.7. The van der Waals surface area contributed by atoms with E-state index in [2.05, 4.69) is 26.5 Å². The number of amides is 1. The fourth-order valence-corrected chi connectivity index (χ4v) is 4.12. The van der Waals surface area contributed by atoms with Gasteiger partial charge in [0.15, 0.2) is 11.5 Å². The Kier molecular flexibility index (Phi) is 7.16. The number of nitro benzene ring substituents is 1. The van der Waals surface area contributed by atoms with Crippen molar-refractivity contribution in [3.8, 4) is 5.75 Å². The summed E-state index contributed by atoms with van der Waals surface area (Å²) in [6.07, 6.45) is 1.41. The van der Waals surface area contributed by atoms with Crippen LogP contribution < -0.4 is 10.2 Å². The second-order valence-electron chi connectivity index (χ2n) is 7.02. The van der Waals surface area contributed by atoms with Crippen LogP contribution in [0.15, 0.2) is 74.7 Å². The topological polar surface area (TPSA) is 107 Å². The number of fused-ring (bicyclic) bond motifs is 1. The van der Waals surface area contributed by atoms with Crippen molar-refractivity contribution in [3.05, 3.63) is 102 Å². The van der Waals surface area contributed by atoms with Crippen LogP contribution in [-0.2, 0) is 6.61 Å². The number of nitrogens with one attached hydrogen (secondary N) is 1. The zero-order chi connectivity index (χ0) is 24.2. The van der Waals surface area contributed by atoms with E-state index in [4.69, 9.17) is 32.4 Å². The Morgan fingerprint density at radius 2 is 1.91 bits per heavy atom. The molecule has 8 nitrogen and oxygen atoms in total. The maximum absolute atomic E-state index is 12.3. The average molecular weight is 563 g/mol. The summed E-state index contributed by atoms with van der Waals surface area (Å²) in [6, 6.07) is 16.1. The van der Waals surface area contributed by atoms with Crippen molar-refractivity contribution in [1.82, 2.24) is 5.43 Å². The van der Waals surface area contributed by atoms with Crippen LogP contribution in [0.3, 0.4) is 0 Å². The van der Waals surface area contributed by atoms with Gasteiger partial charge in [-0.05, 0) is 63.5 Å². The molecular formula is C23H14BrCl2N3O5. The van der Waals surface area contributed by atoms with Gasteiger partial charge in [0.05, 0.1) is 20.6 Å². The quantitative estimate of drug-likeness (QED) is 0.152. The summed E-state index contributed by atoms with van der Waals surface area (Å²) in [5.41, 5.74) is 4.15. The minimum absolute atomic E-state index is 0.0298. The number of furan rings is 1. The molecule has 0 saturated carbocycles. The Morgan fingerprint density at radius 3 is 2.62 bits per heavy atom. The minimum Gasteiger partial charge on any atom is -0.486 e. The van der Waals surface area contributed by atoms with Gasteiger partial charge in [0.25, 0.3) is 5.69 Å². The number of hydrogen-bond acceptors (Lipinski definition) is 6. The zero-order valence-electron chi connectivity index (χ0n) is 17.1. The number of halogens is 3. The molecule has 172 valence electrons. The molecule has 34 heavy (non-hydrogen) atoms. The van der Waals surface area contributed by atoms with E-state index in [1.54, 1.807) is 24.3 Å². The Morgan fingerprint density at radius 1 is 1.15 bits per heavy atom. The van der Waals surface area contributed by atoms with E-state index in [1.165, 1.54) is 30.5 Å². The molecule has 0 radical (unpaired) electrons. The van der Waals surface area contributed by atoms with Gasteiger partial charge in [-0.1, -0.05) is 35.3 Å². The molecule has 0 fully saturated rings. The molecule has 0 atom stereocenters. The first-order chi connectivity index (χ1) is 16.3. The number of hydrogen-bond donors (Lipinski definition) is 1. The molecule has 4 aromatic rings. The summed E-state index contributed by atoms with van der Waals surface area (Å²) < 4.78 is 11.9. The number of nitro groups is 1. The monoisotopic (exact) mass is 561 g/mol. The molecular weight excluding hydrogens is 549 g/mol. The van der Waals surface area contributed by atoms with E-state index < -0.39 is 10.8 Å². The van der Waals surface area contributed by atoms with Gasteiger partial charge in [-0.25, -0.2) is 5.43 Å². The highest BCUT2D eigenvalue weighted by atomic mass is 79.9. The highest BCUT2D eigenvalue weighted by Gasteiger charge is 2.15. The van der Waals surface area contributed by atoms with Crippen molar-refractivity contribution in [2.45, 2.75) is 6.61 Å². The molecule has 11 heteroatoms. The number of nitrogens with zero attached hydrogens (tertiary/aromatic N) is 2. The second-order valence-corrected chi connectivity index (χ2v) is 8.72. The molecule has 1 heterocycles. The molecule has 0 aliphatic heterocycles. The third kappa shape index (κ3) is 5.56. The van der Waals surface area contributed by atoms with E-state index in [-0.39, 0.29) is 11.4 Å². The molecule has 0 aliphatic rings. The van der Waals surface area contributed by atoms with Crippen molar-refractivity contribution < 1.29 is 18.9 Å². The number of benzene rings is 3. The van der Waals surface area contributed by atoms with Crippen LogP contribution in [0.1, 0.15) is 21.7 Å². The lowest BCUT2D eigenvalue weighted by Crippen LogP contribution is -2.16. The Bertz CT molecular complexity index is 1400. The largest absolute Gasteiger partial charge is 0.486 e. The van der Waals surface area contributed by atoms with Crippen molar-refractivity contribution >= 4 is 67.9 Å². The smallest absolute Gasteiger partial charge is 0.307 e.